The number of cyclic esters (lactones) is 2. The summed E-state index contributed by atoms with van der Waals surface area (Å²) in [6.07, 6.45) is 14.2. The second-order valence-electron chi connectivity index (χ2n) is 8.83. The Morgan fingerprint density at radius 3 is 2.52 bits per heavy atom. The van der Waals surface area contributed by atoms with Crippen LogP contribution >= 0.6 is 0 Å². The van der Waals surface area contributed by atoms with Gasteiger partial charge in [0.05, 0.1) is 0 Å². The van der Waals surface area contributed by atoms with Gasteiger partial charge in [-0.15, -0.1) is 0 Å². The van der Waals surface area contributed by atoms with E-state index in [-0.39, 0.29) is 23.8 Å². The Hall–Kier alpha value is -2.10. The minimum atomic E-state index is -0.171. The van der Waals surface area contributed by atoms with E-state index in [1.807, 2.05) is 0 Å². The normalized spacial score (nSPS) is 34.2. The molecule has 0 bridgehead atoms. The van der Waals surface area contributed by atoms with Gasteiger partial charge in [0.1, 0.15) is 11.5 Å². The van der Waals surface area contributed by atoms with Crippen LogP contribution in [0.2, 0.25) is 0 Å². The number of rotatable bonds is 5. The molecule has 29 heavy (non-hydrogen) atoms. The van der Waals surface area contributed by atoms with Gasteiger partial charge in [-0.1, -0.05) is 39.7 Å². The smallest absolute Gasteiger partial charge is 0.340 e. The van der Waals surface area contributed by atoms with Crippen molar-refractivity contribution < 1.29 is 19.1 Å². The maximum Gasteiger partial charge on any atom is 0.340 e. The van der Waals surface area contributed by atoms with Crippen molar-refractivity contribution >= 4 is 11.9 Å². The molecule has 1 saturated heterocycles. The summed E-state index contributed by atoms with van der Waals surface area (Å²) in [6, 6.07) is 0. The van der Waals surface area contributed by atoms with Crippen molar-refractivity contribution in [3.63, 3.8) is 0 Å². The SMILES string of the molecule is CCC/C=C1\OC(=O)C2=CC([C@@H]3CCC4=C(C(=O)O/C4=C/CCC)[C@@H]3C)CCC21. The number of ether oxygens (including phenoxy) is 2. The highest BCUT2D eigenvalue weighted by atomic mass is 16.5. The van der Waals surface area contributed by atoms with Gasteiger partial charge < -0.3 is 9.47 Å². The number of hydrogen-bond donors (Lipinski definition) is 0. The topological polar surface area (TPSA) is 52.6 Å². The van der Waals surface area contributed by atoms with E-state index >= 15 is 0 Å². The van der Waals surface area contributed by atoms with Crippen LogP contribution in [0, 0.1) is 23.7 Å². The van der Waals surface area contributed by atoms with Crippen LogP contribution in [-0.4, -0.2) is 11.9 Å². The Kier molecular flexibility index (Phi) is 5.80. The third-order valence-corrected chi connectivity index (χ3v) is 7.02. The first-order chi connectivity index (χ1) is 14.0. The maximum absolute atomic E-state index is 12.6. The zero-order valence-electron chi connectivity index (χ0n) is 17.8. The van der Waals surface area contributed by atoms with Crippen LogP contribution in [0.15, 0.2) is 46.5 Å². The molecule has 156 valence electrons. The quantitative estimate of drug-likeness (QED) is 0.554. The van der Waals surface area contributed by atoms with Crippen LogP contribution in [0.3, 0.4) is 0 Å². The number of hydrogen-bond acceptors (Lipinski definition) is 4. The molecule has 0 N–H and O–H groups in total. The molecule has 0 aromatic rings. The lowest BCUT2D eigenvalue weighted by molar-refractivity contribution is -0.134. The number of unbranched alkanes of at least 4 members (excludes halogenated alkanes) is 2. The predicted octanol–water partition coefficient (Wildman–Crippen LogP) is 5.76. The van der Waals surface area contributed by atoms with Crippen molar-refractivity contribution in [2.24, 2.45) is 23.7 Å². The van der Waals surface area contributed by atoms with Crippen LogP contribution in [0.4, 0.5) is 0 Å². The highest BCUT2D eigenvalue weighted by Gasteiger charge is 2.45. The van der Waals surface area contributed by atoms with Crippen molar-refractivity contribution in [1.29, 1.82) is 0 Å². The highest BCUT2D eigenvalue weighted by molar-refractivity contribution is 5.95. The Balaban J connectivity index is 1.56. The van der Waals surface area contributed by atoms with Crippen LogP contribution in [0.1, 0.15) is 72.1 Å². The molecule has 2 heterocycles. The first-order valence-electron chi connectivity index (χ1n) is 11.3. The summed E-state index contributed by atoms with van der Waals surface area (Å²) in [7, 11) is 0. The molecule has 4 atom stereocenters. The lowest BCUT2D eigenvalue weighted by Crippen LogP contribution is -2.30. The molecule has 0 saturated carbocycles. The molecule has 0 radical (unpaired) electrons. The van der Waals surface area contributed by atoms with Crippen LogP contribution < -0.4 is 0 Å². The molecule has 0 aromatic heterocycles. The second-order valence-corrected chi connectivity index (χ2v) is 8.83. The van der Waals surface area contributed by atoms with E-state index in [2.05, 4.69) is 39.0 Å². The summed E-state index contributed by atoms with van der Waals surface area (Å²) in [5.41, 5.74) is 2.84. The molecular formula is C25H32O4. The van der Waals surface area contributed by atoms with Crippen molar-refractivity contribution in [2.75, 3.05) is 0 Å². The fourth-order valence-corrected chi connectivity index (χ4v) is 5.49. The van der Waals surface area contributed by atoms with Crippen molar-refractivity contribution in [2.45, 2.75) is 72.1 Å². The van der Waals surface area contributed by atoms with Gasteiger partial charge in [-0.05, 0) is 68.4 Å². The Morgan fingerprint density at radius 1 is 1.00 bits per heavy atom. The van der Waals surface area contributed by atoms with Gasteiger partial charge in [-0.25, -0.2) is 9.59 Å². The molecule has 2 aliphatic heterocycles. The van der Waals surface area contributed by atoms with E-state index in [0.29, 0.717) is 11.8 Å². The number of esters is 2. The molecular weight excluding hydrogens is 364 g/mol. The highest BCUT2D eigenvalue weighted by Crippen LogP contribution is 2.50. The van der Waals surface area contributed by atoms with E-state index < -0.39 is 0 Å². The van der Waals surface area contributed by atoms with Gasteiger partial charge in [-0.3, -0.25) is 0 Å². The van der Waals surface area contributed by atoms with Gasteiger partial charge in [0.25, 0.3) is 0 Å². The van der Waals surface area contributed by atoms with Crippen molar-refractivity contribution in [3.8, 4) is 0 Å². The van der Waals surface area contributed by atoms with Crippen LogP contribution in [-0.2, 0) is 19.1 Å². The monoisotopic (exact) mass is 396 g/mol. The summed E-state index contributed by atoms with van der Waals surface area (Å²) >= 11 is 0. The van der Waals surface area contributed by atoms with Gasteiger partial charge in [0.15, 0.2) is 0 Å². The number of fused-ring (bicyclic) bond motifs is 1. The number of carbonyl (C=O) groups is 2. The first-order valence-corrected chi connectivity index (χ1v) is 11.3. The average molecular weight is 397 g/mol. The lowest BCUT2D eigenvalue weighted by Gasteiger charge is -2.36. The van der Waals surface area contributed by atoms with E-state index in [0.717, 1.165) is 79.6 Å². The third-order valence-electron chi connectivity index (χ3n) is 7.02. The molecule has 4 aliphatic rings. The summed E-state index contributed by atoms with van der Waals surface area (Å²) in [6.45, 7) is 6.42. The van der Waals surface area contributed by atoms with E-state index in [4.69, 9.17) is 9.47 Å². The molecule has 0 amide bonds. The fraction of sp³-hybridized carbons (Fsp3) is 0.600. The summed E-state index contributed by atoms with van der Waals surface area (Å²) in [5, 5.41) is 0. The molecule has 1 fully saturated rings. The minimum Gasteiger partial charge on any atom is -0.427 e. The average Bonchev–Trinajstić information content (AvgIpc) is 3.21. The molecule has 4 rings (SSSR count). The molecule has 4 heteroatoms. The molecule has 0 spiro atoms. The van der Waals surface area contributed by atoms with E-state index in [1.54, 1.807) is 0 Å². The van der Waals surface area contributed by atoms with Crippen molar-refractivity contribution in [3.05, 3.63) is 46.5 Å². The van der Waals surface area contributed by atoms with E-state index in [1.165, 1.54) is 0 Å². The van der Waals surface area contributed by atoms with Crippen molar-refractivity contribution in [1.82, 2.24) is 0 Å². The standard InChI is InChI=1S/C25H32O4/c1-4-6-8-21-18-11-10-16(14-20(18)24(26)28-21)17-12-13-19-22(9-7-5-2)29-25(27)23(19)15(17)3/h8-9,14-18H,4-7,10-13H2,1-3H3/b21-8-,22-9+/t15-,16?,17-,18?/m1/s1. The largest absolute Gasteiger partial charge is 0.427 e. The minimum absolute atomic E-state index is 0.138. The molecule has 0 aromatic carbocycles. The Bertz CT molecular complexity index is 826. The summed E-state index contributed by atoms with van der Waals surface area (Å²) < 4.78 is 11.2. The van der Waals surface area contributed by atoms with Crippen LogP contribution in [0.25, 0.3) is 0 Å². The molecule has 2 unspecified atom stereocenters. The number of allylic oxidation sites excluding steroid dienone is 5. The third kappa shape index (κ3) is 3.62. The van der Waals surface area contributed by atoms with Gasteiger partial charge in [0.2, 0.25) is 0 Å². The number of carbonyl (C=O) groups excluding carboxylic acids is 2. The van der Waals surface area contributed by atoms with Gasteiger partial charge in [0, 0.05) is 22.6 Å². The zero-order valence-corrected chi connectivity index (χ0v) is 17.8. The van der Waals surface area contributed by atoms with Crippen LogP contribution in [0.5, 0.6) is 0 Å². The summed E-state index contributed by atoms with van der Waals surface area (Å²) in [4.78, 5) is 25.0. The zero-order chi connectivity index (χ0) is 20.5. The Morgan fingerprint density at radius 2 is 1.76 bits per heavy atom. The van der Waals surface area contributed by atoms with Gasteiger partial charge in [-0.2, -0.15) is 0 Å². The first kappa shape index (κ1) is 20.2. The predicted molar refractivity (Wildman–Crippen MR) is 111 cm³/mol. The Labute approximate surface area is 173 Å². The lowest BCUT2D eigenvalue weighted by atomic mass is 9.66. The fourth-order valence-electron chi connectivity index (χ4n) is 5.49. The van der Waals surface area contributed by atoms with Gasteiger partial charge >= 0.3 is 11.9 Å². The van der Waals surface area contributed by atoms with E-state index in [9.17, 15) is 9.59 Å². The maximum atomic E-state index is 12.6. The molecule has 2 aliphatic carbocycles. The summed E-state index contributed by atoms with van der Waals surface area (Å²) in [5.74, 6) is 2.30. The second kappa shape index (κ2) is 8.33. The molecule has 4 nitrogen and oxygen atoms in total.